The zero-order valence-corrected chi connectivity index (χ0v) is 16.8. The van der Waals surface area contributed by atoms with Gasteiger partial charge >= 0.3 is 0 Å². The van der Waals surface area contributed by atoms with E-state index in [4.69, 9.17) is 9.47 Å². The predicted octanol–water partition coefficient (Wildman–Crippen LogP) is 4.74. The number of hydrogen-bond donors (Lipinski definition) is 0. The summed E-state index contributed by atoms with van der Waals surface area (Å²) >= 11 is 0. The summed E-state index contributed by atoms with van der Waals surface area (Å²) in [7, 11) is 0. The average Bonchev–Trinajstić information content (AvgIpc) is 2.58. The predicted molar refractivity (Wildman–Crippen MR) is 106 cm³/mol. The van der Waals surface area contributed by atoms with E-state index in [1.54, 1.807) is 0 Å². The molecule has 0 spiro atoms. The summed E-state index contributed by atoms with van der Waals surface area (Å²) in [5.74, 6) is 2.03. The molecule has 0 saturated heterocycles. The molecule has 0 N–H and O–H groups in total. The number of hydrogen-bond acceptors (Lipinski definition) is 4. The Morgan fingerprint density at radius 3 is 1.50 bits per heavy atom. The third-order valence-corrected chi connectivity index (χ3v) is 5.66. The van der Waals surface area contributed by atoms with E-state index in [1.165, 1.54) is 21.9 Å². The lowest BCUT2D eigenvalue weighted by Crippen LogP contribution is -2.46. The van der Waals surface area contributed by atoms with Gasteiger partial charge in [0.25, 0.3) is 0 Å². The molecule has 0 aromatic heterocycles. The van der Waals surface area contributed by atoms with Crippen LogP contribution in [-0.2, 0) is 13.1 Å². The van der Waals surface area contributed by atoms with Crippen molar-refractivity contribution in [3.05, 3.63) is 35.4 Å². The molecule has 2 aromatic carbocycles. The van der Waals surface area contributed by atoms with Gasteiger partial charge in [-0.3, -0.25) is 9.80 Å². The Labute approximate surface area is 156 Å². The van der Waals surface area contributed by atoms with Gasteiger partial charge in [-0.25, -0.2) is 0 Å². The lowest BCUT2D eigenvalue weighted by molar-refractivity contribution is 0.0202. The molecule has 140 valence electrons. The zero-order valence-electron chi connectivity index (χ0n) is 16.8. The number of rotatable bonds is 0. The highest BCUT2D eigenvalue weighted by Gasteiger charge is 2.32. The van der Waals surface area contributed by atoms with Crippen LogP contribution in [0.2, 0.25) is 0 Å². The fraction of sp³-hybridized carbons (Fsp3) is 0.545. The van der Waals surface area contributed by atoms with Crippen molar-refractivity contribution in [1.82, 2.24) is 9.80 Å². The first-order chi connectivity index (χ1) is 12.1. The average molecular weight is 354 g/mol. The summed E-state index contributed by atoms with van der Waals surface area (Å²) in [6.45, 7) is 16.5. The van der Waals surface area contributed by atoms with E-state index in [0.29, 0.717) is 13.5 Å². The second-order valence-electron chi connectivity index (χ2n) is 9.47. The lowest BCUT2D eigenvalue weighted by Gasteiger charge is -2.41. The van der Waals surface area contributed by atoms with Crippen LogP contribution in [0.5, 0.6) is 11.5 Å². The maximum atomic E-state index is 6.13. The fourth-order valence-electron chi connectivity index (χ4n) is 3.75. The van der Waals surface area contributed by atoms with Crippen LogP contribution in [0.1, 0.15) is 52.7 Å². The number of ether oxygens (including phenoxy) is 2. The molecule has 4 heteroatoms. The van der Waals surface area contributed by atoms with E-state index < -0.39 is 0 Å². The molecule has 0 amide bonds. The molecule has 0 radical (unpaired) electrons. The lowest BCUT2D eigenvalue weighted by atomic mass is 9.93. The quantitative estimate of drug-likeness (QED) is 0.682. The summed E-state index contributed by atoms with van der Waals surface area (Å²) < 4.78 is 12.3. The fourth-order valence-corrected chi connectivity index (χ4v) is 3.75. The maximum Gasteiger partial charge on any atom is 0.142 e. The van der Waals surface area contributed by atoms with E-state index in [-0.39, 0.29) is 11.1 Å². The first-order valence-electron chi connectivity index (χ1n) is 9.48. The third kappa shape index (κ3) is 2.95. The van der Waals surface area contributed by atoms with Crippen LogP contribution in [0, 0.1) is 0 Å². The minimum atomic E-state index is 0.0721. The SMILES string of the molecule is CC(C)(C)N1COc2ccc3ccc4c(c3c2C1)CN(C(C)(C)C)CO4. The Balaban J connectivity index is 1.86. The van der Waals surface area contributed by atoms with Crippen molar-refractivity contribution in [3.63, 3.8) is 0 Å². The minimum Gasteiger partial charge on any atom is -0.478 e. The van der Waals surface area contributed by atoms with Crippen LogP contribution in [-0.4, -0.2) is 34.3 Å². The molecular formula is C22H30N2O2. The molecule has 2 heterocycles. The van der Waals surface area contributed by atoms with Gasteiger partial charge in [0.2, 0.25) is 0 Å². The molecule has 4 rings (SSSR count). The van der Waals surface area contributed by atoms with Gasteiger partial charge in [-0.05, 0) is 64.4 Å². The maximum absolute atomic E-state index is 6.13. The van der Waals surface area contributed by atoms with Crippen molar-refractivity contribution >= 4 is 10.8 Å². The highest BCUT2D eigenvalue weighted by Crippen LogP contribution is 2.41. The largest absolute Gasteiger partial charge is 0.478 e. The van der Waals surface area contributed by atoms with Crippen LogP contribution in [0.25, 0.3) is 10.8 Å². The molecule has 0 saturated carbocycles. The minimum absolute atomic E-state index is 0.0721. The molecule has 2 aromatic rings. The molecule has 0 atom stereocenters. The van der Waals surface area contributed by atoms with Crippen LogP contribution < -0.4 is 9.47 Å². The number of benzene rings is 2. The topological polar surface area (TPSA) is 24.9 Å². The van der Waals surface area contributed by atoms with E-state index in [9.17, 15) is 0 Å². The van der Waals surface area contributed by atoms with E-state index in [0.717, 1.165) is 24.6 Å². The van der Waals surface area contributed by atoms with Crippen molar-refractivity contribution < 1.29 is 9.47 Å². The van der Waals surface area contributed by atoms with Crippen molar-refractivity contribution in [1.29, 1.82) is 0 Å². The Morgan fingerprint density at radius 1 is 0.692 bits per heavy atom. The molecule has 0 aliphatic carbocycles. The highest BCUT2D eigenvalue weighted by molar-refractivity contribution is 5.92. The molecule has 26 heavy (non-hydrogen) atoms. The van der Waals surface area contributed by atoms with Gasteiger partial charge < -0.3 is 9.47 Å². The summed E-state index contributed by atoms with van der Waals surface area (Å²) in [6.07, 6.45) is 0. The van der Waals surface area contributed by atoms with Crippen LogP contribution in [0.3, 0.4) is 0 Å². The number of fused-ring (bicyclic) bond motifs is 5. The van der Waals surface area contributed by atoms with Gasteiger partial charge in [0.05, 0.1) is 0 Å². The summed E-state index contributed by atoms with van der Waals surface area (Å²) in [5.41, 5.74) is 2.73. The smallest absolute Gasteiger partial charge is 0.142 e. The Kier molecular flexibility index (Phi) is 3.97. The second-order valence-corrected chi connectivity index (χ2v) is 9.47. The first kappa shape index (κ1) is 17.6. The van der Waals surface area contributed by atoms with Gasteiger partial charge in [0.1, 0.15) is 25.0 Å². The third-order valence-electron chi connectivity index (χ3n) is 5.66. The highest BCUT2D eigenvalue weighted by atomic mass is 16.5. The normalized spacial score (nSPS) is 18.8. The Hall–Kier alpha value is -1.78. The van der Waals surface area contributed by atoms with Gasteiger partial charge in [-0.2, -0.15) is 0 Å². The molecular weight excluding hydrogens is 324 g/mol. The first-order valence-corrected chi connectivity index (χ1v) is 9.48. The monoisotopic (exact) mass is 354 g/mol. The van der Waals surface area contributed by atoms with Crippen molar-refractivity contribution in [2.24, 2.45) is 0 Å². The van der Waals surface area contributed by atoms with Gasteiger partial charge in [-0.1, -0.05) is 12.1 Å². The molecule has 4 nitrogen and oxygen atoms in total. The summed E-state index contributed by atoms with van der Waals surface area (Å²) in [4.78, 5) is 4.78. The summed E-state index contributed by atoms with van der Waals surface area (Å²) in [6, 6.07) is 8.60. The van der Waals surface area contributed by atoms with E-state index in [2.05, 4.69) is 75.6 Å². The Bertz CT molecular complexity index is 779. The van der Waals surface area contributed by atoms with Crippen molar-refractivity contribution in [2.45, 2.75) is 65.7 Å². The van der Waals surface area contributed by atoms with Gasteiger partial charge in [0.15, 0.2) is 0 Å². The molecule has 0 fully saturated rings. The molecule has 0 unspecified atom stereocenters. The number of nitrogens with zero attached hydrogens (tertiary/aromatic N) is 2. The van der Waals surface area contributed by atoms with Crippen molar-refractivity contribution in [2.75, 3.05) is 13.5 Å². The van der Waals surface area contributed by atoms with Crippen LogP contribution >= 0.6 is 0 Å². The van der Waals surface area contributed by atoms with Gasteiger partial charge in [-0.15, -0.1) is 0 Å². The van der Waals surface area contributed by atoms with E-state index in [1.807, 2.05) is 0 Å². The Morgan fingerprint density at radius 2 is 1.12 bits per heavy atom. The van der Waals surface area contributed by atoms with E-state index >= 15 is 0 Å². The molecule has 2 aliphatic heterocycles. The van der Waals surface area contributed by atoms with Crippen LogP contribution in [0.4, 0.5) is 0 Å². The standard InChI is InChI=1S/C22H30N2O2/c1-21(2,3)23-11-16-18(25-13-23)9-7-15-8-10-19-17(20(15)16)12-24(14-26-19)22(4,5)6/h7-10H,11-14H2,1-6H3. The van der Waals surface area contributed by atoms with Crippen LogP contribution in [0.15, 0.2) is 24.3 Å². The second kappa shape index (κ2) is 5.86. The van der Waals surface area contributed by atoms with Crippen molar-refractivity contribution in [3.8, 4) is 11.5 Å². The zero-order chi connectivity index (χ0) is 18.7. The molecule has 0 bridgehead atoms. The van der Waals surface area contributed by atoms with Gasteiger partial charge in [0, 0.05) is 35.3 Å². The molecule has 2 aliphatic rings. The summed E-state index contributed by atoms with van der Waals surface area (Å²) in [5, 5.41) is 2.57.